The lowest BCUT2D eigenvalue weighted by molar-refractivity contribution is 0.216. The van der Waals surface area contributed by atoms with Gasteiger partial charge in [0.1, 0.15) is 5.82 Å². The van der Waals surface area contributed by atoms with Crippen molar-refractivity contribution < 1.29 is 4.39 Å². The first-order valence-electron chi connectivity index (χ1n) is 7.54. The second kappa shape index (κ2) is 5.79. The molecule has 1 aliphatic rings. The number of tetrazole rings is 1. The van der Waals surface area contributed by atoms with Crippen LogP contribution in [0.1, 0.15) is 45.1 Å². The van der Waals surface area contributed by atoms with E-state index in [2.05, 4.69) is 22.4 Å². The summed E-state index contributed by atoms with van der Waals surface area (Å²) in [6.45, 7) is 2.19. The molecule has 1 heterocycles. The Kier molecular flexibility index (Phi) is 3.86. The third kappa shape index (κ3) is 2.62. The molecule has 0 aliphatic heterocycles. The summed E-state index contributed by atoms with van der Waals surface area (Å²) in [7, 11) is 0. The van der Waals surface area contributed by atoms with E-state index in [-0.39, 0.29) is 11.9 Å². The molecule has 1 saturated carbocycles. The third-order valence-corrected chi connectivity index (χ3v) is 4.43. The van der Waals surface area contributed by atoms with Crippen molar-refractivity contribution in [2.45, 2.75) is 45.1 Å². The van der Waals surface area contributed by atoms with E-state index in [1.807, 2.05) is 4.68 Å². The Labute approximate surface area is 123 Å². The van der Waals surface area contributed by atoms with E-state index < -0.39 is 0 Å². The number of aromatic nitrogens is 4. The molecule has 1 fully saturated rings. The smallest absolute Gasteiger partial charge is 0.185 e. The molecule has 21 heavy (non-hydrogen) atoms. The SMILES string of the molecule is CCC1CCCCC1n1nnnc1-c1ccc(N)cc1F. The van der Waals surface area contributed by atoms with E-state index in [0.29, 0.717) is 23.0 Å². The normalized spacial score (nSPS) is 22.4. The van der Waals surface area contributed by atoms with Crippen LogP contribution >= 0.6 is 0 Å². The van der Waals surface area contributed by atoms with Gasteiger partial charge in [-0.15, -0.1) is 5.10 Å². The van der Waals surface area contributed by atoms with Gasteiger partial charge in [-0.2, -0.15) is 0 Å². The maximum absolute atomic E-state index is 14.2. The first-order chi connectivity index (χ1) is 10.2. The van der Waals surface area contributed by atoms with Crippen LogP contribution in [0, 0.1) is 11.7 Å². The highest BCUT2D eigenvalue weighted by molar-refractivity contribution is 5.59. The maximum atomic E-state index is 14.2. The largest absolute Gasteiger partial charge is 0.399 e. The first kappa shape index (κ1) is 14.0. The van der Waals surface area contributed by atoms with Crippen molar-refractivity contribution in [2.75, 3.05) is 5.73 Å². The van der Waals surface area contributed by atoms with Gasteiger partial charge in [-0.1, -0.05) is 26.2 Å². The number of anilines is 1. The van der Waals surface area contributed by atoms with Crippen LogP contribution in [0.4, 0.5) is 10.1 Å². The summed E-state index contributed by atoms with van der Waals surface area (Å²) in [5.41, 5.74) is 6.42. The van der Waals surface area contributed by atoms with Crippen molar-refractivity contribution in [3.8, 4) is 11.4 Å². The van der Waals surface area contributed by atoms with Gasteiger partial charge in [0.05, 0.1) is 11.6 Å². The quantitative estimate of drug-likeness (QED) is 0.881. The summed E-state index contributed by atoms with van der Waals surface area (Å²) in [4.78, 5) is 0. The van der Waals surface area contributed by atoms with Gasteiger partial charge in [0, 0.05) is 5.69 Å². The first-order valence-corrected chi connectivity index (χ1v) is 7.54. The van der Waals surface area contributed by atoms with Gasteiger partial charge in [-0.25, -0.2) is 9.07 Å². The molecule has 1 aromatic carbocycles. The number of nitrogen functional groups attached to an aromatic ring is 1. The number of nitrogens with two attached hydrogens (primary N) is 1. The molecule has 2 atom stereocenters. The van der Waals surface area contributed by atoms with E-state index in [1.54, 1.807) is 12.1 Å². The van der Waals surface area contributed by atoms with Crippen molar-refractivity contribution in [3.05, 3.63) is 24.0 Å². The Bertz CT molecular complexity index is 624. The van der Waals surface area contributed by atoms with E-state index in [0.717, 1.165) is 12.8 Å². The van der Waals surface area contributed by atoms with E-state index >= 15 is 0 Å². The number of rotatable bonds is 3. The highest BCUT2D eigenvalue weighted by Gasteiger charge is 2.29. The van der Waals surface area contributed by atoms with Crippen LogP contribution < -0.4 is 5.73 Å². The van der Waals surface area contributed by atoms with E-state index in [1.165, 1.54) is 25.3 Å². The Morgan fingerprint density at radius 3 is 2.90 bits per heavy atom. The molecule has 6 heteroatoms. The second-order valence-electron chi connectivity index (χ2n) is 5.71. The van der Waals surface area contributed by atoms with E-state index in [4.69, 9.17) is 5.73 Å². The fraction of sp³-hybridized carbons (Fsp3) is 0.533. The number of halogens is 1. The highest BCUT2D eigenvalue weighted by Crippen LogP contribution is 2.37. The Morgan fingerprint density at radius 1 is 1.33 bits per heavy atom. The van der Waals surface area contributed by atoms with Crippen LogP contribution in [0.2, 0.25) is 0 Å². The standard InChI is InChI=1S/C15H20FN5/c1-2-10-5-3-4-6-14(10)21-15(18-19-20-21)12-8-7-11(17)9-13(12)16/h7-10,14H,2-6,17H2,1H3. The summed E-state index contributed by atoms with van der Waals surface area (Å²) in [6, 6.07) is 4.89. The summed E-state index contributed by atoms with van der Waals surface area (Å²) in [6.07, 6.45) is 5.75. The zero-order chi connectivity index (χ0) is 14.8. The van der Waals surface area contributed by atoms with Crippen LogP contribution in [0.25, 0.3) is 11.4 Å². The third-order valence-electron chi connectivity index (χ3n) is 4.43. The van der Waals surface area contributed by atoms with Gasteiger partial charge >= 0.3 is 0 Å². The number of hydrogen-bond donors (Lipinski definition) is 1. The number of nitrogens with zero attached hydrogens (tertiary/aromatic N) is 4. The van der Waals surface area contributed by atoms with Gasteiger partial charge in [0.2, 0.25) is 0 Å². The molecule has 2 aromatic rings. The number of benzene rings is 1. The Hall–Kier alpha value is -1.98. The lowest BCUT2D eigenvalue weighted by atomic mass is 9.83. The number of hydrogen-bond acceptors (Lipinski definition) is 4. The minimum absolute atomic E-state index is 0.255. The zero-order valence-electron chi connectivity index (χ0n) is 12.2. The van der Waals surface area contributed by atoms with Gasteiger partial charge in [0.25, 0.3) is 0 Å². The van der Waals surface area contributed by atoms with Crippen molar-refractivity contribution in [3.63, 3.8) is 0 Å². The Morgan fingerprint density at radius 2 is 2.14 bits per heavy atom. The van der Waals surface area contributed by atoms with Gasteiger partial charge < -0.3 is 5.73 Å². The molecule has 0 spiro atoms. The molecule has 0 bridgehead atoms. The van der Waals surface area contributed by atoms with Crippen LogP contribution in [0.5, 0.6) is 0 Å². The molecule has 2 unspecified atom stereocenters. The maximum Gasteiger partial charge on any atom is 0.185 e. The predicted molar refractivity (Wildman–Crippen MR) is 78.9 cm³/mol. The lowest BCUT2D eigenvalue weighted by Gasteiger charge is -2.31. The fourth-order valence-electron chi connectivity index (χ4n) is 3.29. The summed E-state index contributed by atoms with van der Waals surface area (Å²) in [5, 5.41) is 11.9. The molecule has 3 rings (SSSR count). The molecular formula is C15H20FN5. The second-order valence-corrected chi connectivity index (χ2v) is 5.71. The van der Waals surface area contributed by atoms with Crippen LogP contribution in [0.3, 0.4) is 0 Å². The van der Waals surface area contributed by atoms with Crippen LogP contribution in [0.15, 0.2) is 18.2 Å². The molecule has 1 aromatic heterocycles. The molecule has 1 aliphatic carbocycles. The molecule has 0 saturated heterocycles. The summed E-state index contributed by atoms with van der Waals surface area (Å²) in [5.74, 6) is 0.672. The topological polar surface area (TPSA) is 69.6 Å². The van der Waals surface area contributed by atoms with Crippen molar-refractivity contribution in [1.29, 1.82) is 0 Å². The van der Waals surface area contributed by atoms with Crippen molar-refractivity contribution in [1.82, 2.24) is 20.2 Å². The zero-order valence-corrected chi connectivity index (χ0v) is 12.2. The molecule has 2 N–H and O–H groups in total. The summed E-state index contributed by atoms with van der Waals surface area (Å²) < 4.78 is 16.0. The lowest BCUT2D eigenvalue weighted by Crippen LogP contribution is -2.24. The minimum Gasteiger partial charge on any atom is -0.399 e. The molecule has 112 valence electrons. The van der Waals surface area contributed by atoms with Crippen LogP contribution in [-0.2, 0) is 0 Å². The van der Waals surface area contributed by atoms with Gasteiger partial charge in [-0.3, -0.25) is 0 Å². The van der Waals surface area contributed by atoms with Crippen molar-refractivity contribution in [2.24, 2.45) is 5.92 Å². The van der Waals surface area contributed by atoms with Gasteiger partial charge in [-0.05, 0) is 47.4 Å². The molecule has 5 nitrogen and oxygen atoms in total. The Balaban J connectivity index is 2.00. The average molecular weight is 289 g/mol. The molecule has 0 radical (unpaired) electrons. The monoisotopic (exact) mass is 289 g/mol. The fourth-order valence-corrected chi connectivity index (χ4v) is 3.29. The summed E-state index contributed by atoms with van der Waals surface area (Å²) >= 11 is 0. The van der Waals surface area contributed by atoms with Crippen molar-refractivity contribution >= 4 is 5.69 Å². The molecular weight excluding hydrogens is 269 g/mol. The highest BCUT2D eigenvalue weighted by atomic mass is 19.1. The van der Waals surface area contributed by atoms with E-state index in [9.17, 15) is 4.39 Å². The molecule has 0 amide bonds. The van der Waals surface area contributed by atoms with Crippen LogP contribution in [-0.4, -0.2) is 20.2 Å². The predicted octanol–water partition coefficient (Wildman–Crippen LogP) is 3.20. The van der Waals surface area contributed by atoms with Gasteiger partial charge in [0.15, 0.2) is 5.82 Å². The minimum atomic E-state index is -0.380. The average Bonchev–Trinajstić information content (AvgIpc) is 2.96.